The minimum absolute atomic E-state index is 0.189. The largest absolute Gasteiger partial charge is 0.292 e. The van der Waals surface area contributed by atoms with Gasteiger partial charge in [0.2, 0.25) is 0 Å². The van der Waals surface area contributed by atoms with Gasteiger partial charge in [-0.1, -0.05) is 44.1 Å². The first-order valence-corrected chi connectivity index (χ1v) is 7.75. The summed E-state index contributed by atoms with van der Waals surface area (Å²) in [5.74, 6) is 1.21. The monoisotopic (exact) mass is 271 g/mol. The van der Waals surface area contributed by atoms with Gasteiger partial charge in [-0.2, -0.15) is 0 Å². The fraction of sp³-hybridized carbons (Fsp3) is 0.556. The van der Waals surface area contributed by atoms with Crippen molar-refractivity contribution in [2.24, 2.45) is 16.8 Å². The number of aliphatic imine (C=N–C) groups is 1. The zero-order chi connectivity index (χ0) is 14.4. The van der Waals surface area contributed by atoms with Gasteiger partial charge in [0.05, 0.1) is 0 Å². The number of carbonyl (C=O) groups is 1. The van der Waals surface area contributed by atoms with Crippen molar-refractivity contribution in [2.75, 3.05) is 7.05 Å². The van der Waals surface area contributed by atoms with Crippen molar-refractivity contribution in [2.45, 2.75) is 45.4 Å². The number of hydrogen-bond donors (Lipinski definition) is 0. The van der Waals surface area contributed by atoms with Crippen LogP contribution in [0.2, 0.25) is 0 Å². The summed E-state index contributed by atoms with van der Waals surface area (Å²) in [6.07, 6.45) is 16.8. The molecule has 0 aromatic carbocycles. The Morgan fingerprint density at radius 3 is 2.70 bits per heavy atom. The normalized spacial score (nSPS) is 29.5. The molecule has 0 aliphatic heterocycles. The van der Waals surface area contributed by atoms with E-state index in [1.807, 2.05) is 12.2 Å². The summed E-state index contributed by atoms with van der Waals surface area (Å²) in [6, 6.07) is 0. The SMILES string of the molecule is CN=C(/C=C1/C=CC=CCC1)C(=O)C1CCC(C)CC1. The third-order valence-corrected chi connectivity index (χ3v) is 4.36. The molecule has 0 aromatic heterocycles. The van der Waals surface area contributed by atoms with Gasteiger partial charge in [0, 0.05) is 13.0 Å². The van der Waals surface area contributed by atoms with Gasteiger partial charge >= 0.3 is 0 Å². The first kappa shape index (κ1) is 15.0. The number of hydrogen-bond acceptors (Lipinski definition) is 2. The van der Waals surface area contributed by atoms with Crippen LogP contribution in [-0.4, -0.2) is 18.5 Å². The maximum absolute atomic E-state index is 12.6. The highest BCUT2D eigenvalue weighted by atomic mass is 16.1. The zero-order valence-electron chi connectivity index (χ0n) is 12.6. The second-order valence-corrected chi connectivity index (χ2v) is 5.98. The fourth-order valence-electron chi connectivity index (χ4n) is 2.96. The van der Waals surface area contributed by atoms with E-state index >= 15 is 0 Å². The van der Waals surface area contributed by atoms with Crippen LogP contribution in [0.5, 0.6) is 0 Å². The number of ketones is 1. The van der Waals surface area contributed by atoms with Crippen LogP contribution in [0.25, 0.3) is 0 Å². The summed E-state index contributed by atoms with van der Waals surface area (Å²) < 4.78 is 0. The van der Waals surface area contributed by atoms with Crippen molar-refractivity contribution < 1.29 is 4.79 Å². The molecule has 0 saturated heterocycles. The second kappa shape index (κ2) is 7.37. The predicted octanol–water partition coefficient (Wildman–Crippen LogP) is 4.29. The third-order valence-electron chi connectivity index (χ3n) is 4.36. The van der Waals surface area contributed by atoms with E-state index in [4.69, 9.17) is 0 Å². The van der Waals surface area contributed by atoms with Gasteiger partial charge in [-0.05, 0) is 43.3 Å². The molecule has 0 aromatic rings. The lowest BCUT2D eigenvalue weighted by atomic mass is 9.79. The van der Waals surface area contributed by atoms with Crippen molar-refractivity contribution in [1.29, 1.82) is 0 Å². The Bertz CT molecular complexity index is 460. The fourth-order valence-corrected chi connectivity index (χ4v) is 2.96. The Morgan fingerprint density at radius 2 is 2.00 bits per heavy atom. The molecular formula is C18H25NO. The van der Waals surface area contributed by atoms with Crippen molar-refractivity contribution in [3.8, 4) is 0 Å². The molecule has 2 aliphatic rings. The lowest BCUT2D eigenvalue weighted by molar-refractivity contribution is -0.117. The van der Waals surface area contributed by atoms with Crippen molar-refractivity contribution in [3.05, 3.63) is 36.0 Å². The molecule has 0 bridgehead atoms. The Kier molecular flexibility index (Phi) is 5.51. The van der Waals surface area contributed by atoms with Crippen LogP contribution >= 0.6 is 0 Å². The van der Waals surface area contributed by atoms with Crippen LogP contribution in [-0.2, 0) is 4.79 Å². The molecule has 0 amide bonds. The second-order valence-electron chi connectivity index (χ2n) is 5.98. The van der Waals surface area contributed by atoms with E-state index in [0.29, 0.717) is 5.71 Å². The highest BCUT2D eigenvalue weighted by Gasteiger charge is 2.26. The van der Waals surface area contributed by atoms with E-state index in [0.717, 1.165) is 31.6 Å². The van der Waals surface area contributed by atoms with Gasteiger partial charge in [0.25, 0.3) is 0 Å². The highest BCUT2D eigenvalue weighted by Crippen LogP contribution is 2.29. The number of rotatable bonds is 3. The van der Waals surface area contributed by atoms with Crippen LogP contribution in [0.1, 0.15) is 45.4 Å². The number of Topliss-reactive ketones (excluding diaryl/α,β-unsaturated/α-hetero) is 1. The van der Waals surface area contributed by atoms with E-state index in [1.54, 1.807) is 7.05 Å². The van der Waals surface area contributed by atoms with Crippen LogP contribution in [0.4, 0.5) is 0 Å². The maximum Gasteiger partial charge on any atom is 0.183 e. The van der Waals surface area contributed by atoms with Crippen molar-refractivity contribution in [1.82, 2.24) is 0 Å². The maximum atomic E-state index is 12.6. The lowest BCUT2D eigenvalue weighted by Crippen LogP contribution is -2.26. The number of allylic oxidation sites excluding steroid dienone is 6. The molecule has 0 unspecified atom stereocenters. The molecule has 1 fully saturated rings. The molecule has 0 atom stereocenters. The molecule has 0 spiro atoms. The van der Waals surface area contributed by atoms with E-state index < -0.39 is 0 Å². The van der Waals surface area contributed by atoms with E-state index in [9.17, 15) is 4.79 Å². The molecule has 20 heavy (non-hydrogen) atoms. The average Bonchev–Trinajstić information content (AvgIpc) is 2.73. The Labute approximate surface area is 122 Å². The molecule has 2 heteroatoms. The molecular weight excluding hydrogens is 246 g/mol. The minimum Gasteiger partial charge on any atom is -0.292 e. The van der Waals surface area contributed by atoms with E-state index in [2.05, 4.69) is 30.1 Å². The Balaban J connectivity index is 2.04. The molecule has 108 valence electrons. The minimum atomic E-state index is 0.189. The molecule has 2 nitrogen and oxygen atoms in total. The van der Waals surface area contributed by atoms with E-state index in [1.165, 1.54) is 18.4 Å². The summed E-state index contributed by atoms with van der Waals surface area (Å²) >= 11 is 0. The Hall–Kier alpha value is -1.44. The quantitative estimate of drug-likeness (QED) is 0.704. The van der Waals surface area contributed by atoms with Gasteiger partial charge in [-0.3, -0.25) is 9.79 Å². The summed E-state index contributed by atoms with van der Waals surface area (Å²) in [5, 5.41) is 0. The standard InChI is InChI=1S/C18H25NO/c1-14-9-11-16(12-10-14)18(20)17(19-2)13-15-7-5-3-4-6-8-15/h3-5,7,13-14,16H,6,8-12H2,1-2H3/b15-13-,19-17?. The molecule has 2 rings (SSSR count). The summed E-state index contributed by atoms with van der Waals surface area (Å²) in [6.45, 7) is 2.28. The van der Waals surface area contributed by atoms with Gasteiger partial charge in [0.15, 0.2) is 5.78 Å². The molecule has 2 aliphatic carbocycles. The number of carbonyl (C=O) groups excluding carboxylic acids is 1. The third kappa shape index (κ3) is 4.03. The molecule has 1 saturated carbocycles. The molecule has 0 radical (unpaired) electrons. The van der Waals surface area contributed by atoms with Crippen LogP contribution in [0, 0.1) is 11.8 Å². The van der Waals surface area contributed by atoms with Crippen molar-refractivity contribution in [3.63, 3.8) is 0 Å². The summed E-state index contributed by atoms with van der Waals surface area (Å²) in [4.78, 5) is 16.8. The van der Waals surface area contributed by atoms with Crippen LogP contribution in [0.3, 0.4) is 0 Å². The smallest absolute Gasteiger partial charge is 0.183 e. The first-order valence-electron chi connectivity index (χ1n) is 7.75. The summed E-state index contributed by atoms with van der Waals surface area (Å²) in [5.41, 5.74) is 1.86. The first-order chi connectivity index (χ1) is 9.70. The average molecular weight is 271 g/mol. The van der Waals surface area contributed by atoms with Gasteiger partial charge < -0.3 is 0 Å². The van der Waals surface area contributed by atoms with Crippen molar-refractivity contribution >= 4 is 11.5 Å². The summed E-state index contributed by atoms with van der Waals surface area (Å²) in [7, 11) is 1.73. The van der Waals surface area contributed by atoms with Gasteiger partial charge in [0.1, 0.15) is 5.71 Å². The topological polar surface area (TPSA) is 29.4 Å². The molecule has 0 heterocycles. The van der Waals surface area contributed by atoms with E-state index in [-0.39, 0.29) is 11.7 Å². The van der Waals surface area contributed by atoms with Gasteiger partial charge in [-0.15, -0.1) is 0 Å². The Morgan fingerprint density at radius 1 is 1.25 bits per heavy atom. The van der Waals surface area contributed by atoms with Gasteiger partial charge in [-0.25, -0.2) is 0 Å². The predicted molar refractivity (Wildman–Crippen MR) is 85.1 cm³/mol. The number of nitrogens with zero attached hydrogens (tertiary/aromatic N) is 1. The van der Waals surface area contributed by atoms with Crippen LogP contribution < -0.4 is 0 Å². The zero-order valence-corrected chi connectivity index (χ0v) is 12.6. The highest BCUT2D eigenvalue weighted by molar-refractivity contribution is 6.45. The molecule has 0 N–H and O–H groups in total. The van der Waals surface area contributed by atoms with Crippen LogP contribution in [0.15, 0.2) is 40.9 Å². The lowest BCUT2D eigenvalue weighted by Gasteiger charge is -2.25.